The quantitative estimate of drug-likeness (QED) is 0.717. The molecule has 2 rings (SSSR count). The molecule has 1 aromatic heterocycles. The SMILES string of the molecule is CCc1ncc(S(=O)(=O)NC(C)C2CCNC2)[nH]1. The summed E-state index contributed by atoms with van der Waals surface area (Å²) in [5, 5.41) is 3.39. The number of aryl methyl sites for hydroxylation is 1. The molecule has 1 saturated heterocycles. The summed E-state index contributed by atoms with van der Waals surface area (Å²) in [4.78, 5) is 6.84. The van der Waals surface area contributed by atoms with Crippen molar-refractivity contribution in [3.8, 4) is 0 Å². The first-order valence-electron chi connectivity index (χ1n) is 6.30. The molecule has 0 amide bonds. The van der Waals surface area contributed by atoms with Crippen LogP contribution in [0.15, 0.2) is 11.2 Å². The van der Waals surface area contributed by atoms with Crippen molar-refractivity contribution in [2.75, 3.05) is 13.1 Å². The van der Waals surface area contributed by atoms with Crippen molar-refractivity contribution in [1.82, 2.24) is 20.0 Å². The maximum Gasteiger partial charge on any atom is 0.257 e. The van der Waals surface area contributed by atoms with Crippen LogP contribution in [-0.4, -0.2) is 37.5 Å². The van der Waals surface area contributed by atoms with E-state index in [1.165, 1.54) is 6.20 Å². The number of sulfonamides is 1. The number of aromatic nitrogens is 2. The molecule has 1 aliphatic rings. The lowest BCUT2D eigenvalue weighted by atomic mass is 10.0. The van der Waals surface area contributed by atoms with Gasteiger partial charge in [0.2, 0.25) is 0 Å². The van der Waals surface area contributed by atoms with Crippen molar-refractivity contribution in [2.45, 2.75) is 37.8 Å². The van der Waals surface area contributed by atoms with E-state index in [9.17, 15) is 8.42 Å². The van der Waals surface area contributed by atoms with Crippen molar-refractivity contribution >= 4 is 10.0 Å². The summed E-state index contributed by atoms with van der Waals surface area (Å²) in [6.45, 7) is 5.66. The fraction of sp³-hybridized carbons (Fsp3) is 0.727. The van der Waals surface area contributed by atoms with Gasteiger partial charge in [-0.2, -0.15) is 0 Å². The van der Waals surface area contributed by atoms with Crippen molar-refractivity contribution in [1.29, 1.82) is 0 Å². The van der Waals surface area contributed by atoms with Gasteiger partial charge >= 0.3 is 0 Å². The van der Waals surface area contributed by atoms with Crippen molar-refractivity contribution in [2.24, 2.45) is 5.92 Å². The van der Waals surface area contributed by atoms with Gasteiger partial charge in [-0.25, -0.2) is 18.1 Å². The van der Waals surface area contributed by atoms with Gasteiger partial charge in [0.1, 0.15) is 5.82 Å². The Hall–Kier alpha value is -0.920. The van der Waals surface area contributed by atoms with Crippen LogP contribution in [0.1, 0.15) is 26.1 Å². The molecule has 0 saturated carbocycles. The summed E-state index contributed by atoms with van der Waals surface area (Å²) in [7, 11) is -3.48. The topological polar surface area (TPSA) is 86.9 Å². The molecule has 102 valence electrons. The van der Waals surface area contributed by atoms with Crippen LogP contribution in [0.3, 0.4) is 0 Å². The lowest BCUT2D eigenvalue weighted by molar-refractivity contribution is 0.444. The Kier molecular flexibility index (Phi) is 4.04. The van der Waals surface area contributed by atoms with Gasteiger partial charge in [0.15, 0.2) is 5.03 Å². The molecular formula is C11H20N4O2S. The van der Waals surface area contributed by atoms with Crippen LogP contribution in [0, 0.1) is 5.92 Å². The molecule has 2 heterocycles. The summed E-state index contributed by atoms with van der Waals surface area (Å²) in [6, 6.07) is -0.0709. The average molecular weight is 272 g/mol. The van der Waals surface area contributed by atoms with Gasteiger partial charge in [0.05, 0.1) is 6.20 Å². The minimum absolute atomic E-state index is 0.0709. The fourth-order valence-electron chi connectivity index (χ4n) is 2.17. The number of nitrogens with one attached hydrogen (secondary N) is 3. The molecular weight excluding hydrogens is 252 g/mol. The van der Waals surface area contributed by atoms with Crippen molar-refractivity contribution in [3.63, 3.8) is 0 Å². The highest BCUT2D eigenvalue weighted by Gasteiger charge is 2.26. The molecule has 2 atom stereocenters. The molecule has 1 aliphatic heterocycles. The van der Waals surface area contributed by atoms with E-state index in [-0.39, 0.29) is 11.1 Å². The summed E-state index contributed by atoms with van der Waals surface area (Å²) >= 11 is 0. The number of rotatable bonds is 5. The Labute approximate surface area is 108 Å². The fourth-order valence-corrected chi connectivity index (χ4v) is 3.42. The largest absolute Gasteiger partial charge is 0.332 e. The smallest absolute Gasteiger partial charge is 0.257 e. The first-order valence-corrected chi connectivity index (χ1v) is 7.78. The molecule has 0 aromatic carbocycles. The maximum absolute atomic E-state index is 12.1. The van der Waals surface area contributed by atoms with Gasteiger partial charge < -0.3 is 10.3 Å². The maximum atomic E-state index is 12.1. The minimum atomic E-state index is -3.48. The zero-order valence-electron chi connectivity index (χ0n) is 10.7. The number of imidazole rings is 1. The Bertz CT molecular complexity index is 491. The van der Waals surface area contributed by atoms with Crippen LogP contribution in [-0.2, 0) is 16.4 Å². The molecule has 3 N–H and O–H groups in total. The first-order chi connectivity index (χ1) is 8.53. The van der Waals surface area contributed by atoms with E-state index in [4.69, 9.17) is 0 Å². The molecule has 6 nitrogen and oxygen atoms in total. The number of hydrogen-bond acceptors (Lipinski definition) is 4. The highest BCUT2D eigenvalue weighted by atomic mass is 32.2. The molecule has 0 radical (unpaired) electrons. The van der Waals surface area contributed by atoms with Gasteiger partial charge in [-0.15, -0.1) is 0 Å². The van der Waals surface area contributed by atoms with Crippen LogP contribution >= 0.6 is 0 Å². The Balaban J connectivity index is 2.06. The third kappa shape index (κ3) is 2.90. The number of nitrogens with zero attached hydrogens (tertiary/aromatic N) is 1. The van der Waals surface area contributed by atoms with E-state index in [1.54, 1.807) is 0 Å². The second-order valence-electron chi connectivity index (χ2n) is 4.71. The van der Waals surface area contributed by atoms with E-state index in [2.05, 4.69) is 20.0 Å². The Morgan fingerprint density at radius 3 is 2.94 bits per heavy atom. The number of aromatic amines is 1. The number of H-pyrrole nitrogens is 1. The van der Waals surface area contributed by atoms with Gasteiger partial charge in [-0.3, -0.25) is 0 Å². The molecule has 2 unspecified atom stereocenters. The highest BCUT2D eigenvalue weighted by Crippen LogP contribution is 2.15. The third-order valence-electron chi connectivity index (χ3n) is 3.38. The summed E-state index contributed by atoms with van der Waals surface area (Å²) < 4.78 is 27.0. The monoisotopic (exact) mass is 272 g/mol. The molecule has 7 heteroatoms. The zero-order chi connectivity index (χ0) is 13.2. The van der Waals surface area contributed by atoms with Crippen molar-refractivity contribution < 1.29 is 8.42 Å². The van der Waals surface area contributed by atoms with E-state index < -0.39 is 10.0 Å². The zero-order valence-corrected chi connectivity index (χ0v) is 11.5. The second kappa shape index (κ2) is 5.38. The second-order valence-corrected chi connectivity index (χ2v) is 6.39. The van der Waals surface area contributed by atoms with Gasteiger partial charge in [0.25, 0.3) is 10.0 Å². The van der Waals surface area contributed by atoms with Crippen LogP contribution in [0.2, 0.25) is 0 Å². The van der Waals surface area contributed by atoms with E-state index in [0.29, 0.717) is 18.2 Å². The van der Waals surface area contributed by atoms with Crippen LogP contribution in [0.4, 0.5) is 0 Å². The first kappa shape index (κ1) is 13.5. The van der Waals surface area contributed by atoms with Crippen LogP contribution in [0.5, 0.6) is 0 Å². The highest BCUT2D eigenvalue weighted by molar-refractivity contribution is 7.89. The lowest BCUT2D eigenvalue weighted by Crippen LogP contribution is -2.39. The van der Waals surface area contributed by atoms with Gasteiger partial charge in [0, 0.05) is 12.5 Å². The van der Waals surface area contributed by atoms with E-state index in [1.807, 2.05) is 13.8 Å². The summed E-state index contributed by atoms with van der Waals surface area (Å²) in [6.07, 6.45) is 3.07. The Morgan fingerprint density at radius 2 is 2.39 bits per heavy atom. The Morgan fingerprint density at radius 1 is 1.61 bits per heavy atom. The average Bonchev–Trinajstić information content (AvgIpc) is 3.00. The number of hydrogen-bond donors (Lipinski definition) is 3. The predicted molar refractivity (Wildman–Crippen MR) is 68.7 cm³/mol. The summed E-state index contributed by atoms with van der Waals surface area (Å²) in [5.74, 6) is 1.04. The molecule has 1 fully saturated rings. The lowest BCUT2D eigenvalue weighted by Gasteiger charge is -2.19. The predicted octanol–water partition coefficient (Wildman–Crippen LogP) is 0.248. The van der Waals surface area contributed by atoms with E-state index in [0.717, 1.165) is 19.5 Å². The van der Waals surface area contributed by atoms with E-state index >= 15 is 0 Å². The molecule has 18 heavy (non-hydrogen) atoms. The third-order valence-corrected chi connectivity index (χ3v) is 4.84. The summed E-state index contributed by atoms with van der Waals surface area (Å²) in [5.41, 5.74) is 0. The van der Waals surface area contributed by atoms with Crippen LogP contribution in [0.25, 0.3) is 0 Å². The normalized spacial score (nSPS) is 22.2. The van der Waals surface area contributed by atoms with Gasteiger partial charge in [-0.05, 0) is 32.4 Å². The van der Waals surface area contributed by atoms with Gasteiger partial charge in [-0.1, -0.05) is 6.92 Å². The van der Waals surface area contributed by atoms with Crippen molar-refractivity contribution in [3.05, 3.63) is 12.0 Å². The molecule has 0 bridgehead atoms. The molecule has 1 aromatic rings. The van der Waals surface area contributed by atoms with Crippen LogP contribution < -0.4 is 10.0 Å². The molecule has 0 spiro atoms. The standard InChI is InChI=1S/C11H20N4O2S/c1-3-10-13-7-11(14-10)18(16,17)15-8(2)9-4-5-12-6-9/h7-9,12,15H,3-6H2,1-2H3,(H,13,14). The molecule has 0 aliphatic carbocycles. The minimum Gasteiger partial charge on any atom is -0.332 e.